The molecule has 0 atom stereocenters. The van der Waals surface area contributed by atoms with E-state index in [1.54, 1.807) is 49.4 Å². The fourth-order valence-corrected chi connectivity index (χ4v) is 1.90. The van der Waals surface area contributed by atoms with E-state index >= 15 is 0 Å². The Morgan fingerprint density at radius 3 is 2.65 bits per heavy atom. The van der Waals surface area contributed by atoms with E-state index in [1.165, 1.54) is 0 Å². The van der Waals surface area contributed by atoms with Gasteiger partial charge in [-0.15, -0.1) is 0 Å². The van der Waals surface area contributed by atoms with E-state index in [4.69, 9.17) is 25.6 Å². The fourth-order valence-electron chi connectivity index (χ4n) is 1.74. The van der Waals surface area contributed by atoms with Crippen molar-refractivity contribution in [2.75, 3.05) is 0 Å². The molecule has 0 aliphatic carbocycles. The Kier molecular flexibility index (Phi) is 4.34. The molecule has 118 valence electrons. The fraction of sp³-hybridized carbons (Fsp3) is 0.125. The minimum Gasteiger partial charge on any atom is -0.411 e. The normalized spacial score (nSPS) is 10.5. The quantitative estimate of drug-likeness (QED) is 0.505. The maximum absolute atomic E-state index is 11.0. The molecule has 0 aliphatic heterocycles. The van der Waals surface area contributed by atoms with Gasteiger partial charge in [-0.1, -0.05) is 18.5 Å². The van der Waals surface area contributed by atoms with Gasteiger partial charge in [0.05, 0.1) is 0 Å². The number of hydrogen-bond donors (Lipinski definition) is 0. The summed E-state index contributed by atoms with van der Waals surface area (Å²) in [6.07, 6.45) is 0.344. The molecule has 6 nitrogen and oxygen atoms in total. The van der Waals surface area contributed by atoms with Gasteiger partial charge in [-0.25, -0.2) is 4.79 Å². The Morgan fingerprint density at radius 1 is 1.17 bits per heavy atom. The van der Waals surface area contributed by atoms with E-state index in [-0.39, 0.29) is 12.5 Å². The van der Waals surface area contributed by atoms with Crippen LogP contribution in [0.1, 0.15) is 13.3 Å². The van der Waals surface area contributed by atoms with Crippen LogP contribution in [0.4, 0.5) is 0 Å². The number of fused-ring (bicyclic) bond motifs is 1. The number of nitrogens with zero attached hydrogens (tertiary/aromatic N) is 1. The lowest BCUT2D eigenvalue weighted by atomic mass is 10.3. The first kappa shape index (κ1) is 15.2. The van der Waals surface area contributed by atoms with Gasteiger partial charge in [-0.05, 0) is 36.4 Å². The second-order valence-corrected chi connectivity index (χ2v) is 4.99. The lowest BCUT2D eigenvalue weighted by Crippen LogP contribution is -2.05. The van der Waals surface area contributed by atoms with Crippen molar-refractivity contribution < 1.29 is 23.7 Å². The van der Waals surface area contributed by atoms with Gasteiger partial charge in [0.15, 0.2) is 11.3 Å². The predicted octanol–water partition coefficient (Wildman–Crippen LogP) is 4.52. The number of rotatable bonds is 5. The molecule has 0 fully saturated rings. The van der Waals surface area contributed by atoms with Gasteiger partial charge in [0.2, 0.25) is 0 Å². The molecule has 0 unspecified atom stereocenters. The summed E-state index contributed by atoms with van der Waals surface area (Å²) in [6.45, 7) is 1.68. The van der Waals surface area contributed by atoms with Crippen LogP contribution in [-0.2, 0) is 9.68 Å². The molecule has 0 amide bonds. The molecule has 0 bridgehead atoms. The maximum atomic E-state index is 11.0. The van der Waals surface area contributed by atoms with E-state index in [9.17, 15) is 4.79 Å². The van der Waals surface area contributed by atoms with Gasteiger partial charge in [0, 0.05) is 17.5 Å². The minimum absolute atomic E-state index is 0.105. The number of benzene rings is 2. The molecule has 3 rings (SSSR count). The molecule has 23 heavy (non-hydrogen) atoms. The van der Waals surface area contributed by atoms with Crippen LogP contribution in [-0.4, -0.2) is 11.0 Å². The van der Waals surface area contributed by atoms with E-state index in [2.05, 4.69) is 9.87 Å². The molecule has 2 aromatic carbocycles. The summed E-state index contributed by atoms with van der Waals surface area (Å²) in [7, 11) is 0. The van der Waals surface area contributed by atoms with Crippen LogP contribution in [0.5, 0.6) is 17.6 Å². The van der Waals surface area contributed by atoms with Gasteiger partial charge in [-0.3, -0.25) is 9.78 Å². The largest absolute Gasteiger partial charge is 0.411 e. The molecule has 3 aromatic rings. The van der Waals surface area contributed by atoms with Crippen LogP contribution in [0.25, 0.3) is 11.1 Å². The molecule has 7 heteroatoms. The summed E-state index contributed by atoms with van der Waals surface area (Å²) in [4.78, 5) is 24.6. The molecular weight excluding hydrogens is 322 g/mol. The molecule has 1 heterocycles. The van der Waals surface area contributed by atoms with Crippen molar-refractivity contribution in [2.24, 2.45) is 0 Å². The van der Waals surface area contributed by atoms with Crippen molar-refractivity contribution in [3.8, 4) is 17.6 Å². The molecule has 0 saturated carbocycles. The second-order valence-electron chi connectivity index (χ2n) is 4.56. The summed E-state index contributed by atoms with van der Waals surface area (Å²) >= 11 is 5.89. The number of oxazole rings is 1. The second kappa shape index (κ2) is 6.58. The topological polar surface area (TPSA) is 70.8 Å². The summed E-state index contributed by atoms with van der Waals surface area (Å²) in [5, 5.41) is 0.559. The van der Waals surface area contributed by atoms with Crippen molar-refractivity contribution >= 4 is 28.7 Å². The van der Waals surface area contributed by atoms with Crippen LogP contribution in [0.3, 0.4) is 0 Å². The maximum Gasteiger partial charge on any atom is 0.400 e. The molecule has 0 radical (unpaired) electrons. The Hall–Kier alpha value is -2.73. The number of ether oxygens (including phenoxy) is 1. The predicted molar refractivity (Wildman–Crippen MR) is 82.5 cm³/mol. The first-order chi connectivity index (χ1) is 11.1. The average Bonchev–Trinajstić information content (AvgIpc) is 2.95. The van der Waals surface area contributed by atoms with Crippen LogP contribution in [0, 0.1) is 0 Å². The number of carbonyl (C=O) groups excluding carboxylic acids is 1. The Balaban J connectivity index is 1.68. The van der Waals surface area contributed by atoms with Gasteiger partial charge >= 0.3 is 12.0 Å². The van der Waals surface area contributed by atoms with Gasteiger partial charge in [0.25, 0.3) is 0 Å². The smallest absolute Gasteiger partial charge is 0.400 e. The third-order valence-corrected chi connectivity index (χ3v) is 3.11. The monoisotopic (exact) mass is 333 g/mol. The molecule has 0 saturated heterocycles. The van der Waals surface area contributed by atoms with Crippen LogP contribution in [0.15, 0.2) is 46.9 Å². The van der Waals surface area contributed by atoms with E-state index in [0.29, 0.717) is 27.6 Å². The molecule has 0 aliphatic rings. The Morgan fingerprint density at radius 2 is 1.91 bits per heavy atom. The SMILES string of the molecule is CCC(=O)OOc1ccc(Oc2nc3ccc(Cl)cc3o2)cc1. The zero-order valence-corrected chi connectivity index (χ0v) is 12.9. The van der Waals surface area contributed by atoms with Crippen molar-refractivity contribution in [1.29, 1.82) is 0 Å². The number of hydrogen-bond acceptors (Lipinski definition) is 6. The number of halogens is 1. The molecule has 0 spiro atoms. The highest BCUT2D eigenvalue weighted by atomic mass is 35.5. The van der Waals surface area contributed by atoms with Crippen LogP contribution < -0.4 is 9.62 Å². The highest BCUT2D eigenvalue weighted by Crippen LogP contribution is 2.28. The molecule has 1 aromatic heterocycles. The third-order valence-electron chi connectivity index (χ3n) is 2.88. The first-order valence-corrected chi connectivity index (χ1v) is 7.23. The van der Waals surface area contributed by atoms with Crippen molar-refractivity contribution in [3.05, 3.63) is 47.5 Å². The van der Waals surface area contributed by atoms with Gasteiger partial charge in [-0.2, -0.15) is 4.98 Å². The lowest BCUT2D eigenvalue weighted by Gasteiger charge is -2.04. The highest BCUT2D eigenvalue weighted by Gasteiger charge is 2.09. The van der Waals surface area contributed by atoms with Gasteiger partial charge < -0.3 is 9.15 Å². The van der Waals surface area contributed by atoms with Crippen molar-refractivity contribution in [3.63, 3.8) is 0 Å². The van der Waals surface area contributed by atoms with Crippen molar-refractivity contribution in [1.82, 2.24) is 4.98 Å². The average molecular weight is 334 g/mol. The lowest BCUT2D eigenvalue weighted by molar-refractivity contribution is -0.213. The number of aromatic nitrogens is 1. The van der Waals surface area contributed by atoms with E-state index in [1.807, 2.05) is 0 Å². The Bertz CT molecular complexity index is 828. The Labute approximate surface area is 136 Å². The highest BCUT2D eigenvalue weighted by molar-refractivity contribution is 6.31. The summed E-state index contributed by atoms with van der Waals surface area (Å²) in [5.74, 6) is 0.427. The van der Waals surface area contributed by atoms with Crippen LogP contribution >= 0.6 is 11.6 Å². The summed E-state index contributed by atoms with van der Waals surface area (Å²) < 4.78 is 11.0. The summed E-state index contributed by atoms with van der Waals surface area (Å²) in [5.41, 5.74) is 1.19. The van der Waals surface area contributed by atoms with E-state index < -0.39 is 5.97 Å². The minimum atomic E-state index is -0.449. The standard InChI is InChI=1S/C16H12ClNO5/c1-2-15(19)23-22-12-6-4-11(5-7-12)20-16-18-13-8-3-10(17)9-14(13)21-16/h3-9H,2H2,1H3. The van der Waals surface area contributed by atoms with Crippen molar-refractivity contribution in [2.45, 2.75) is 13.3 Å². The molecule has 0 N–H and O–H groups in total. The zero-order valence-electron chi connectivity index (χ0n) is 12.1. The third kappa shape index (κ3) is 3.73. The van der Waals surface area contributed by atoms with Crippen LogP contribution in [0.2, 0.25) is 5.02 Å². The molecular formula is C16H12ClNO5. The summed E-state index contributed by atoms with van der Waals surface area (Å²) in [6, 6.07) is 11.6. The van der Waals surface area contributed by atoms with E-state index in [0.717, 1.165) is 0 Å². The van der Waals surface area contributed by atoms with Gasteiger partial charge in [0.1, 0.15) is 11.3 Å². The zero-order chi connectivity index (χ0) is 16.2. The number of carbonyl (C=O) groups is 1. The first-order valence-electron chi connectivity index (χ1n) is 6.85.